The third-order valence-electron chi connectivity index (χ3n) is 2.48. The van der Waals surface area contributed by atoms with Crippen molar-refractivity contribution in [3.8, 4) is 0 Å². The largest absolute Gasteiger partial charge is 0.0874 e. The molecule has 62 valence electrons. The third-order valence-corrected chi connectivity index (χ3v) is 2.48. The van der Waals surface area contributed by atoms with E-state index in [4.69, 9.17) is 0 Å². The Kier molecular flexibility index (Phi) is 2.92. The summed E-state index contributed by atoms with van der Waals surface area (Å²) < 4.78 is 0. The molecule has 0 saturated carbocycles. The van der Waals surface area contributed by atoms with E-state index < -0.39 is 0 Å². The smallest absolute Gasteiger partial charge is 0.0277 e. The van der Waals surface area contributed by atoms with Crippen LogP contribution >= 0.6 is 0 Å². The first-order valence-corrected chi connectivity index (χ1v) is 4.55. The van der Waals surface area contributed by atoms with Gasteiger partial charge in [0.25, 0.3) is 0 Å². The fourth-order valence-corrected chi connectivity index (χ4v) is 1.80. The minimum Gasteiger partial charge on any atom is -0.0874 e. The molecule has 0 spiro atoms. The summed E-state index contributed by atoms with van der Waals surface area (Å²) in [7, 11) is 0. The highest BCUT2D eigenvalue weighted by Crippen LogP contribution is 2.29. The zero-order valence-electron chi connectivity index (χ0n) is 7.85. The van der Waals surface area contributed by atoms with Crippen molar-refractivity contribution in [1.29, 1.82) is 0 Å². The Balaban J connectivity index is 2.69. The molecule has 0 aromatic rings. The molecular weight excluding hydrogens is 132 g/mol. The highest BCUT2D eigenvalue weighted by atomic mass is 14.2. The maximum absolute atomic E-state index is 2.34. The average Bonchev–Trinajstić information content (AvgIpc) is 1.95. The van der Waals surface area contributed by atoms with Gasteiger partial charge in [-0.05, 0) is 44.6 Å². The van der Waals surface area contributed by atoms with Gasteiger partial charge in [-0.25, -0.2) is 0 Å². The van der Waals surface area contributed by atoms with E-state index in [2.05, 4.69) is 32.9 Å². The third kappa shape index (κ3) is 2.21. The van der Waals surface area contributed by atoms with E-state index in [1.165, 1.54) is 19.3 Å². The number of allylic oxidation sites excluding steroid dienone is 4. The van der Waals surface area contributed by atoms with Crippen LogP contribution in [0.4, 0.5) is 0 Å². The quantitative estimate of drug-likeness (QED) is 0.534. The minimum atomic E-state index is 0.906. The van der Waals surface area contributed by atoms with Crippen LogP contribution in [-0.4, -0.2) is 0 Å². The van der Waals surface area contributed by atoms with Gasteiger partial charge in [-0.15, -0.1) is 0 Å². The lowest BCUT2D eigenvalue weighted by Crippen LogP contribution is -2.04. The first-order chi connectivity index (χ1) is 5.24. The molecule has 1 atom stereocenters. The molecule has 1 aliphatic carbocycles. The van der Waals surface area contributed by atoms with Gasteiger partial charge in [0.15, 0.2) is 0 Å². The summed E-state index contributed by atoms with van der Waals surface area (Å²) in [5.74, 6) is 0.906. The second kappa shape index (κ2) is 3.75. The number of hydrogen-bond donors (Lipinski definition) is 0. The van der Waals surface area contributed by atoms with Crippen molar-refractivity contribution in [2.45, 2.75) is 40.0 Å². The lowest BCUT2D eigenvalue weighted by Gasteiger charge is -2.20. The molecule has 0 saturated heterocycles. The van der Waals surface area contributed by atoms with Gasteiger partial charge in [0, 0.05) is 0 Å². The van der Waals surface area contributed by atoms with Gasteiger partial charge < -0.3 is 0 Å². The van der Waals surface area contributed by atoms with Crippen molar-refractivity contribution in [2.75, 3.05) is 0 Å². The van der Waals surface area contributed by atoms with Crippen LogP contribution in [0.1, 0.15) is 40.0 Å². The summed E-state index contributed by atoms with van der Waals surface area (Å²) in [6.07, 6.45) is 8.38. The Labute approximate surface area is 70.0 Å². The monoisotopic (exact) mass is 150 g/mol. The van der Waals surface area contributed by atoms with Gasteiger partial charge in [-0.3, -0.25) is 0 Å². The summed E-state index contributed by atoms with van der Waals surface area (Å²) in [5.41, 5.74) is 3.17. The fourth-order valence-electron chi connectivity index (χ4n) is 1.80. The van der Waals surface area contributed by atoms with Crippen LogP contribution in [0, 0.1) is 5.92 Å². The van der Waals surface area contributed by atoms with Crippen molar-refractivity contribution in [1.82, 2.24) is 0 Å². The first kappa shape index (κ1) is 8.58. The first-order valence-electron chi connectivity index (χ1n) is 4.55. The summed E-state index contributed by atoms with van der Waals surface area (Å²) in [6.45, 7) is 6.71. The van der Waals surface area contributed by atoms with E-state index in [9.17, 15) is 0 Å². The van der Waals surface area contributed by atoms with Gasteiger partial charge in [0.2, 0.25) is 0 Å². The van der Waals surface area contributed by atoms with E-state index in [-0.39, 0.29) is 0 Å². The van der Waals surface area contributed by atoms with E-state index in [0.29, 0.717) is 0 Å². The van der Waals surface area contributed by atoms with Crippen molar-refractivity contribution >= 4 is 0 Å². The van der Waals surface area contributed by atoms with E-state index in [0.717, 1.165) is 5.92 Å². The van der Waals surface area contributed by atoms with Crippen molar-refractivity contribution in [3.63, 3.8) is 0 Å². The predicted octanol–water partition coefficient (Wildman–Crippen LogP) is 3.70. The summed E-state index contributed by atoms with van der Waals surface area (Å²) in [4.78, 5) is 0. The molecule has 1 rings (SSSR count). The standard InChI is InChI=1S/C11H18/c1-4-5-11-7-6-9(2)8-10(11)3/h4-5,9H,6-8H2,1-3H3/b5-4-. The number of hydrogen-bond acceptors (Lipinski definition) is 0. The SMILES string of the molecule is C/C=C\C1=C(C)CC(C)CC1. The van der Waals surface area contributed by atoms with Gasteiger partial charge in [0.05, 0.1) is 0 Å². The van der Waals surface area contributed by atoms with E-state index >= 15 is 0 Å². The summed E-state index contributed by atoms with van der Waals surface area (Å²) >= 11 is 0. The molecule has 0 N–H and O–H groups in total. The molecular formula is C11H18. The Morgan fingerprint density at radius 1 is 1.45 bits per heavy atom. The van der Waals surface area contributed by atoms with Gasteiger partial charge in [-0.2, -0.15) is 0 Å². The Morgan fingerprint density at radius 3 is 2.73 bits per heavy atom. The van der Waals surface area contributed by atoms with Crippen LogP contribution < -0.4 is 0 Å². The van der Waals surface area contributed by atoms with Crippen LogP contribution in [0.15, 0.2) is 23.3 Å². The molecule has 1 aliphatic rings. The highest BCUT2D eigenvalue weighted by Gasteiger charge is 2.12. The van der Waals surface area contributed by atoms with Crippen LogP contribution in [0.25, 0.3) is 0 Å². The van der Waals surface area contributed by atoms with Crippen LogP contribution in [0.5, 0.6) is 0 Å². The van der Waals surface area contributed by atoms with Crippen molar-refractivity contribution in [2.24, 2.45) is 5.92 Å². The van der Waals surface area contributed by atoms with Gasteiger partial charge >= 0.3 is 0 Å². The predicted molar refractivity (Wildman–Crippen MR) is 50.5 cm³/mol. The lowest BCUT2D eigenvalue weighted by molar-refractivity contribution is 0.501. The Bertz CT molecular complexity index is 184. The molecule has 0 nitrogen and oxygen atoms in total. The molecule has 0 amide bonds. The van der Waals surface area contributed by atoms with Crippen molar-refractivity contribution < 1.29 is 0 Å². The van der Waals surface area contributed by atoms with Crippen LogP contribution in [-0.2, 0) is 0 Å². The van der Waals surface area contributed by atoms with Crippen molar-refractivity contribution in [3.05, 3.63) is 23.3 Å². The molecule has 0 fully saturated rings. The van der Waals surface area contributed by atoms with Gasteiger partial charge in [0.1, 0.15) is 0 Å². The second-order valence-electron chi connectivity index (χ2n) is 3.65. The highest BCUT2D eigenvalue weighted by molar-refractivity contribution is 5.26. The molecule has 0 heteroatoms. The maximum atomic E-state index is 2.34. The molecule has 0 aliphatic heterocycles. The average molecular weight is 150 g/mol. The molecule has 0 aromatic heterocycles. The normalized spacial score (nSPS) is 26.6. The molecule has 0 aromatic carbocycles. The second-order valence-corrected chi connectivity index (χ2v) is 3.65. The lowest BCUT2D eigenvalue weighted by atomic mass is 9.85. The fraction of sp³-hybridized carbons (Fsp3) is 0.636. The Morgan fingerprint density at radius 2 is 2.18 bits per heavy atom. The van der Waals surface area contributed by atoms with E-state index in [1.54, 1.807) is 11.1 Å². The minimum absolute atomic E-state index is 0.906. The van der Waals surface area contributed by atoms with E-state index in [1.807, 2.05) is 0 Å². The maximum Gasteiger partial charge on any atom is -0.0277 e. The summed E-state index contributed by atoms with van der Waals surface area (Å²) in [6, 6.07) is 0. The summed E-state index contributed by atoms with van der Waals surface area (Å²) in [5, 5.41) is 0. The number of rotatable bonds is 1. The van der Waals surface area contributed by atoms with Gasteiger partial charge in [-0.1, -0.05) is 24.6 Å². The zero-order valence-corrected chi connectivity index (χ0v) is 7.85. The zero-order chi connectivity index (χ0) is 8.27. The van der Waals surface area contributed by atoms with Crippen LogP contribution in [0.2, 0.25) is 0 Å². The molecule has 0 radical (unpaired) electrons. The molecule has 0 heterocycles. The topological polar surface area (TPSA) is 0 Å². The van der Waals surface area contributed by atoms with Crippen LogP contribution in [0.3, 0.4) is 0 Å². The molecule has 0 bridgehead atoms. The molecule has 1 unspecified atom stereocenters. The Hall–Kier alpha value is -0.520. The molecule has 11 heavy (non-hydrogen) atoms.